The molecule has 0 atom stereocenters. The van der Waals surface area contributed by atoms with Gasteiger partial charge in [0.2, 0.25) is 0 Å². The van der Waals surface area contributed by atoms with Crippen molar-refractivity contribution in [1.29, 1.82) is 0 Å². The van der Waals surface area contributed by atoms with Gasteiger partial charge in [0.1, 0.15) is 11.6 Å². The molecule has 1 heterocycles. The molecule has 0 bridgehead atoms. The summed E-state index contributed by atoms with van der Waals surface area (Å²) < 4.78 is 26.5. The van der Waals surface area contributed by atoms with Crippen molar-refractivity contribution in [2.45, 2.75) is 6.42 Å². The quantitative estimate of drug-likeness (QED) is 0.735. The van der Waals surface area contributed by atoms with Gasteiger partial charge in [0, 0.05) is 30.2 Å². The molecule has 7 heteroatoms. The fourth-order valence-corrected chi connectivity index (χ4v) is 3.11. The molecule has 0 aliphatic rings. The predicted octanol–water partition coefficient (Wildman–Crippen LogP) is 4.68. The van der Waals surface area contributed by atoms with E-state index in [4.69, 9.17) is 0 Å². The molecular weight excluding hydrogens is 344 g/mol. The van der Waals surface area contributed by atoms with Gasteiger partial charge in [-0.3, -0.25) is 10.2 Å². The Bertz CT molecular complexity index is 897. The van der Waals surface area contributed by atoms with Crippen LogP contribution in [0.5, 0.6) is 0 Å². The van der Waals surface area contributed by atoms with Gasteiger partial charge < -0.3 is 0 Å². The number of amides is 2. The van der Waals surface area contributed by atoms with Crippen LogP contribution in [0.1, 0.15) is 10.4 Å². The Morgan fingerprint density at radius 2 is 1.88 bits per heavy atom. The molecule has 3 rings (SSSR count). The van der Waals surface area contributed by atoms with Crippen LogP contribution < -0.4 is 10.2 Å². The van der Waals surface area contributed by atoms with Crippen molar-refractivity contribution in [2.75, 3.05) is 17.3 Å². The summed E-state index contributed by atoms with van der Waals surface area (Å²) in [5.74, 6) is -0.698. The van der Waals surface area contributed by atoms with E-state index in [0.29, 0.717) is 17.2 Å². The van der Waals surface area contributed by atoms with Gasteiger partial charge in [-0.1, -0.05) is 18.2 Å². The smallest absolute Gasteiger partial charge is 0.297 e. The van der Waals surface area contributed by atoms with Gasteiger partial charge in [0.05, 0.1) is 0 Å². The third-order valence-corrected chi connectivity index (χ3v) is 4.45. The highest BCUT2D eigenvalue weighted by Crippen LogP contribution is 2.22. The number of nitrogens with one attached hydrogen (secondary N) is 1. The minimum atomic E-state index is -0.419. The molecule has 128 valence electrons. The van der Waals surface area contributed by atoms with Crippen molar-refractivity contribution in [1.82, 2.24) is 4.98 Å². The Kier molecular flexibility index (Phi) is 5.04. The Morgan fingerprint density at radius 1 is 1.16 bits per heavy atom. The van der Waals surface area contributed by atoms with Gasteiger partial charge in [0.15, 0.2) is 5.13 Å². The number of anilines is 2. The average molecular weight is 359 g/mol. The SMILES string of the molecule is CN(C(=O)Nc1ncc(Cc2cccc(F)c2)s1)c1cccc(F)c1. The summed E-state index contributed by atoms with van der Waals surface area (Å²) in [7, 11) is 1.55. The normalized spacial score (nSPS) is 10.5. The van der Waals surface area contributed by atoms with Gasteiger partial charge in [-0.05, 0) is 35.9 Å². The zero-order chi connectivity index (χ0) is 17.8. The van der Waals surface area contributed by atoms with E-state index in [-0.39, 0.29) is 5.82 Å². The number of nitrogens with zero attached hydrogens (tertiary/aromatic N) is 2. The Hall–Kier alpha value is -2.80. The monoisotopic (exact) mass is 359 g/mol. The maximum Gasteiger partial charge on any atom is 0.327 e. The van der Waals surface area contributed by atoms with E-state index in [1.165, 1.54) is 46.6 Å². The van der Waals surface area contributed by atoms with Crippen molar-refractivity contribution in [3.63, 3.8) is 0 Å². The summed E-state index contributed by atoms with van der Waals surface area (Å²) in [6, 6.07) is 11.7. The number of carbonyl (C=O) groups excluding carboxylic acids is 1. The first-order chi connectivity index (χ1) is 12.0. The summed E-state index contributed by atoms with van der Waals surface area (Å²) in [4.78, 5) is 18.6. The van der Waals surface area contributed by atoms with E-state index in [2.05, 4.69) is 10.3 Å². The van der Waals surface area contributed by atoms with E-state index < -0.39 is 11.8 Å². The molecule has 0 aliphatic heterocycles. The van der Waals surface area contributed by atoms with Gasteiger partial charge in [-0.15, -0.1) is 11.3 Å². The van der Waals surface area contributed by atoms with Crippen LogP contribution in [0.3, 0.4) is 0 Å². The zero-order valence-corrected chi connectivity index (χ0v) is 14.2. The van der Waals surface area contributed by atoms with Crippen LogP contribution in [0.15, 0.2) is 54.7 Å². The van der Waals surface area contributed by atoms with E-state index in [1.807, 2.05) is 6.07 Å². The van der Waals surface area contributed by atoms with Gasteiger partial charge in [-0.25, -0.2) is 18.6 Å². The van der Waals surface area contributed by atoms with Crippen molar-refractivity contribution < 1.29 is 13.6 Å². The van der Waals surface area contributed by atoms with Crippen LogP contribution in [0.4, 0.5) is 24.4 Å². The van der Waals surface area contributed by atoms with Crippen LogP contribution in [0.2, 0.25) is 0 Å². The molecule has 0 unspecified atom stereocenters. The summed E-state index contributed by atoms with van der Waals surface area (Å²) in [5, 5.41) is 3.11. The molecule has 1 N–H and O–H groups in total. The minimum absolute atomic E-state index is 0.285. The third-order valence-electron chi connectivity index (χ3n) is 3.53. The summed E-state index contributed by atoms with van der Waals surface area (Å²) in [5.41, 5.74) is 1.27. The first-order valence-electron chi connectivity index (χ1n) is 7.51. The van der Waals surface area contributed by atoms with Crippen molar-refractivity contribution in [2.24, 2.45) is 0 Å². The first kappa shape index (κ1) is 17.0. The second-order valence-corrected chi connectivity index (χ2v) is 6.52. The number of carbonyl (C=O) groups is 1. The number of rotatable bonds is 4. The fourth-order valence-electron chi connectivity index (χ4n) is 2.27. The van der Waals surface area contributed by atoms with E-state index in [0.717, 1.165) is 10.4 Å². The highest BCUT2D eigenvalue weighted by molar-refractivity contribution is 7.15. The molecule has 0 saturated carbocycles. The molecule has 4 nitrogen and oxygen atoms in total. The summed E-state index contributed by atoms with van der Waals surface area (Å²) in [6.45, 7) is 0. The lowest BCUT2D eigenvalue weighted by molar-refractivity contribution is 0.258. The molecule has 1 aromatic heterocycles. The average Bonchev–Trinajstić information content (AvgIpc) is 3.01. The van der Waals surface area contributed by atoms with Gasteiger partial charge in [-0.2, -0.15) is 0 Å². The number of thiazole rings is 1. The summed E-state index contributed by atoms with van der Waals surface area (Å²) >= 11 is 1.31. The summed E-state index contributed by atoms with van der Waals surface area (Å²) in [6.07, 6.45) is 2.18. The molecule has 0 fully saturated rings. The maximum atomic E-state index is 13.3. The van der Waals surface area contributed by atoms with Crippen LogP contribution in [0.25, 0.3) is 0 Å². The van der Waals surface area contributed by atoms with Crippen molar-refractivity contribution in [3.05, 3.63) is 76.8 Å². The number of halogens is 2. The van der Waals surface area contributed by atoms with Gasteiger partial charge >= 0.3 is 6.03 Å². The second-order valence-electron chi connectivity index (χ2n) is 5.41. The molecule has 2 amide bonds. The number of hydrogen-bond acceptors (Lipinski definition) is 3. The molecule has 0 spiro atoms. The predicted molar refractivity (Wildman–Crippen MR) is 95.1 cm³/mol. The fraction of sp³-hybridized carbons (Fsp3) is 0.111. The van der Waals surface area contributed by atoms with Crippen molar-refractivity contribution in [3.8, 4) is 0 Å². The van der Waals surface area contributed by atoms with Crippen LogP contribution in [-0.2, 0) is 6.42 Å². The Balaban J connectivity index is 1.65. The molecular formula is C18H15F2N3OS. The van der Waals surface area contributed by atoms with Gasteiger partial charge in [0.25, 0.3) is 0 Å². The Labute approximate surface area is 147 Å². The first-order valence-corrected chi connectivity index (χ1v) is 8.32. The number of aromatic nitrogens is 1. The van der Waals surface area contributed by atoms with Crippen LogP contribution >= 0.6 is 11.3 Å². The Morgan fingerprint density at radius 3 is 2.60 bits per heavy atom. The van der Waals surface area contributed by atoms with E-state index in [9.17, 15) is 13.6 Å². The molecule has 0 aliphatic carbocycles. The number of benzene rings is 2. The third kappa shape index (κ3) is 4.39. The minimum Gasteiger partial charge on any atom is -0.297 e. The topological polar surface area (TPSA) is 45.2 Å². The molecule has 2 aromatic carbocycles. The van der Waals surface area contributed by atoms with E-state index >= 15 is 0 Å². The maximum absolute atomic E-state index is 13.3. The zero-order valence-electron chi connectivity index (χ0n) is 13.4. The second kappa shape index (κ2) is 7.40. The molecule has 25 heavy (non-hydrogen) atoms. The number of hydrogen-bond donors (Lipinski definition) is 1. The van der Waals surface area contributed by atoms with Crippen LogP contribution in [-0.4, -0.2) is 18.1 Å². The highest BCUT2D eigenvalue weighted by atomic mass is 32.1. The standard InChI is InChI=1S/C18H15F2N3OS/c1-23(15-7-3-6-14(20)10-15)18(24)22-17-21-11-16(25-17)9-12-4-2-5-13(19)8-12/h2-8,10-11H,9H2,1H3,(H,21,22,24). The lowest BCUT2D eigenvalue weighted by Crippen LogP contribution is -2.31. The lowest BCUT2D eigenvalue weighted by Gasteiger charge is -2.17. The molecule has 3 aromatic rings. The lowest BCUT2D eigenvalue weighted by atomic mass is 10.1. The molecule has 0 saturated heterocycles. The molecule has 0 radical (unpaired) electrons. The van der Waals surface area contributed by atoms with Crippen molar-refractivity contribution >= 4 is 28.2 Å². The number of urea groups is 1. The highest BCUT2D eigenvalue weighted by Gasteiger charge is 2.13. The van der Waals surface area contributed by atoms with Crippen LogP contribution in [0, 0.1) is 11.6 Å². The van der Waals surface area contributed by atoms with E-state index in [1.54, 1.807) is 25.4 Å². The largest absolute Gasteiger partial charge is 0.327 e.